The van der Waals surface area contributed by atoms with Crippen LogP contribution in [0.3, 0.4) is 0 Å². The number of methoxy groups -OCH3 is 1. The van der Waals surface area contributed by atoms with Crippen molar-refractivity contribution in [2.75, 3.05) is 7.11 Å². The number of esters is 1. The van der Waals surface area contributed by atoms with Gasteiger partial charge in [0.2, 0.25) is 0 Å². The zero-order valence-corrected chi connectivity index (χ0v) is 13.6. The molecule has 0 radical (unpaired) electrons. The largest absolute Gasteiger partial charge is 0.469 e. The van der Waals surface area contributed by atoms with Gasteiger partial charge in [0.15, 0.2) is 0 Å². The summed E-state index contributed by atoms with van der Waals surface area (Å²) in [6, 6.07) is -0.754. The Morgan fingerprint density at radius 2 is 2.05 bits per heavy atom. The van der Waals surface area contributed by atoms with E-state index >= 15 is 0 Å². The number of ether oxygens (including phenoxy) is 3. The summed E-state index contributed by atoms with van der Waals surface area (Å²) in [5, 5.41) is 5.23. The van der Waals surface area contributed by atoms with E-state index in [2.05, 4.69) is 15.4 Å². The van der Waals surface area contributed by atoms with Crippen molar-refractivity contribution in [1.82, 2.24) is 10.6 Å². The highest BCUT2D eigenvalue weighted by molar-refractivity contribution is 5.73. The standard InChI is InChI=1S/C14H24N2O6/c1-8-10(21-12(18)15-8)6-9(7-11(17)20-5)16-13(19)22-14(2,3)4/h8-10H,6-7H2,1-5H3,(H,15,18)(H,16,19)/t8-,9-,10-/m1/s1. The Morgan fingerprint density at radius 1 is 1.41 bits per heavy atom. The Labute approximate surface area is 129 Å². The van der Waals surface area contributed by atoms with Crippen molar-refractivity contribution in [3.05, 3.63) is 0 Å². The highest BCUT2D eigenvalue weighted by Gasteiger charge is 2.34. The number of carbonyl (C=O) groups excluding carboxylic acids is 3. The van der Waals surface area contributed by atoms with Crippen molar-refractivity contribution < 1.29 is 28.6 Å². The number of amides is 2. The van der Waals surface area contributed by atoms with Crippen LogP contribution in [0.25, 0.3) is 0 Å². The Kier molecular flexibility index (Phi) is 6.01. The molecule has 22 heavy (non-hydrogen) atoms. The number of carbonyl (C=O) groups is 3. The van der Waals surface area contributed by atoms with Crippen LogP contribution >= 0.6 is 0 Å². The second-order valence-corrected chi connectivity index (χ2v) is 6.24. The number of nitrogens with one attached hydrogen (secondary N) is 2. The van der Waals surface area contributed by atoms with Crippen molar-refractivity contribution in [3.63, 3.8) is 0 Å². The van der Waals surface area contributed by atoms with Crippen LogP contribution in [0.5, 0.6) is 0 Å². The van der Waals surface area contributed by atoms with E-state index < -0.39 is 35.9 Å². The van der Waals surface area contributed by atoms with Gasteiger partial charge in [-0.25, -0.2) is 9.59 Å². The first kappa shape index (κ1) is 18.1. The van der Waals surface area contributed by atoms with Crippen LogP contribution in [0, 0.1) is 0 Å². The van der Waals surface area contributed by atoms with Crippen LogP contribution in [0.1, 0.15) is 40.5 Å². The van der Waals surface area contributed by atoms with Crippen LogP contribution in [0.15, 0.2) is 0 Å². The lowest BCUT2D eigenvalue weighted by Crippen LogP contribution is -2.43. The van der Waals surface area contributed by atoms with Crippen LogP contribution in [0.2, 0.25) is 0 Å². The van der Waals surface area contributed by atoms with Crippen LogP contribution in [-0.2, 0) is 19.0 Å². The Hall–Kier alpha value is -1.99. The highest BCUT2D eigenvalue weighted by atomic mass is 16.6. The maximum atomic E-state index is 11.8. The SMILES string of the molecule is COC(=O)C[C@@H](C[C@H]1OC(=O)N[C@@H]1C)NC(=O)OC(C)(C)C. The lowest BCUT2D eigenvalue weighted by Gasteiger charge is -2.25. The maximum Gasteiger partial charge on any atom is 0.407 e. The van der Waals surface area contributed by atoms with Crippen molar-refractivity contribution in [2.24, 2.45) is 0 Å². The monoisotopic (exact) mass is 316 g/mol. The van der Waals surface area contributed by atoms with E-state index in [4.69, 9.17) is 9.47 Å². The molecule has 1 rings (SSSR count). The number of alkyl carbamates (subject to hydrolysis) is 2. The second kappa shape index (κ2) is 7.33. The zero-order valence-electron chi connectivity index (χ0n) is 13.6. The van der Waals surface area contributed by atoms with E-state index in [-0.39, 0.29) is 18.9 Å². The molecule has 0 aromatic heterocycles. The van der Waals surface area contributed by atoms with Gasteiger partial charge in [0.1, 0.15) is 11.7 Å². The maximum absolute atomic E-state index is 11.8. The lowest BCUT2D eigenvalue weighted by atomic mass is 10.0. The van der Waals surface area contributed by atoms with Gasteiger partial charge in [-0.1, -0.05) is 0 Å². The fraction of sp³-hybridized carbons (Fsp3) is 0.786. The van der Waals surface area contributed by atoms with E-state index in [0.717, 1.165) is 0 Å². The van der Waals surface area contributed by atoms with Gasteiger partial charge in [-0.3, -0.25) is 4.79 Å². The zero-order chi connectivity index (χ0) is 16.9. The smallest absolute Gasteiger partial charge is 0.407 e. The van der Waals surface area contributed by atoms with E-state index in [9.17, 15) is 14.4 Å². The van der Waals surface area contributed by atoms with E-state index in [0.29, 0.717) is 0 Å². The normalized spacial score (nSPS) is 22.3. The number of hydrogen-bond donors (Lipinski definition) is 2. The molecule has 8 nitrogen and oxygen atoms in total. The third kappa shape index (κ3) is 6.19. The molecular weight excluding hydrogens is 292 g/mol. The topological polar surface area (TPSA) is 103 Å². The molecule has 0 unspecified atom stereocenters. The first-order valence-electron chi connectivity index (χ1n) is 7.14. The summed E-state index contributed by atoms with van der Waals surface area (Å²) in [5.41, 5.74) is -0.644. The van der Waals surface area contributed by atoms with Crippen molar-refractivity contribution in [1.29, 1.82) is 0 Å². The summed E-state index contributed by atoms with van der Waals surface area (Å²) in [4.78, 5) is 34.5. The molecule has 1 saturated heterocycles. The van der Waals surface area contributed by atoms with Gasteiger partial charge >= 0.3 is 18.2 Å². The minimum atomic E-state index is -0.644. The lowest BCUT2D eigenvalue weighted by molar-refractivity contribution is -0.141. The molecule has 0 bridgehead atoms. The third-order valence-electron chi connectivity index (χ3n) is 3.04. The summed E-state index contributed by atoms with van der Waals surface area (Å²) in [6.07, 6.45) is -1.32. The Bertz CT molecular complexity index is 432. The molecule has 0 aliphatic carbocycles. The van der Waals surface area contributed by atoms with Crippen molar-refractivity contribution in [3.8, 4) is 0 Å². The minimum Gasteiger partial charge on any atom is -0.469 e. The predicted octanol–water partition coefficient (Wildman–Crippen LogP) is 1.33. The average molecular weight is 316 g/mol. The van der Waals surface area contributed by atoms with Gasteiger partial charge in [-0.05, 0) is 27.7 Å². The molecule has 1 aliphatic rings. The average Bonchev–Trinajstić information content (AvgIpc) is 2.64. The molecule has 3 atom stereocenters. The highest BCUT2D eigenvalue weighted by Crippen LogP contribution is 2.17. The van der Waals surface area contributed by atoms with E-state index in [1.165, 1.54) is 7.11 Å². The molecule has 0 saturated carbocycles. The molecule has 0 aromatic carbocycles. The van der Waals surface area contributed by atoms with Gasteiger partial charge in [-0.2, -0.15) is 0 Å². The van der Waals surface area contributed by atoms with Gasteiger partial charge in [0, 0.05) is 12.5 Å². The number of rotatable bonds is 5. The predicted molar refractivity (Wildman–Crippen MR) is 77.3 cm³/mol. The number of hydrogen-bond acceptors (Lipinski definition) is 6. The molecule has 126 valence electrons. The molecule has 1 aliphatic heterocycles. The van der Waals surface area contributed by atoms with Crippen LogP contribution in [-0.4, -0.2) is 49.1 Å². The Balaban J connectivity index is 2.65. The minimum absolute atomic E-state index is 0.0312. The molecule has 0 aromatic rings. The fourth-order valence-electron chi connectivity index (χ4n) is 2.04. The third-order valence-corrected chi connectivity index (χ3v) is 3.04. The Morgan fingerprint density at radius 3 is 2.50 bits per heavy atom. The summed E-state index contributed by atoms with van der Waals surface area (Å²) in [5.74, 6) is -0.467. The molecular formula is C14H24N2O6. The quantitative estimate of drug-likeness (QED) is 0.586. The summed E-state index contributed by atoms with van der Waals surface area (Å²) < 4.78 is 14.9. The first-order chi connectivity index (χ1) is 10.1. The first-order valence-corrected chi connectivity index (χ1v) is 7.14. The number of cyclic esters (lactones) is 1. The molecule has 1 fully saturated rings. The van der Waals surface area contributed by atoms with Gasteiger partial charge in [-0.15, -0.1) is 0 Å². The molecule has 0 spiro atoms. The van der Waals surface area contributed by atoms with Crippen molar-refractivity contribution >= 4 is 18.2 Å². The van der Waals surface area contributed by atoms with Crippen LogP contribution < -0.4 is 10.6 Å². The molecule has 2 N–H and O–H groups in total. The van der Waals surface area contributed by atoms with Gasteiger partial charge in [0.05, 0.1) is 19.6 Å². The summed E-state index contributed by atoms with van der Waals surface area (Å²) >= 11 is 0. The molecule has 2 amide bonds. The van der Waals surface area contributed by atoms with Gasteiger partial charge < -0.3 is 24.8 Å². The van der Waals surface area contributed by atoms with E-state index in [1.807, 2.05) is 0 Å². The molecule has 1 heterocycles. The van der Waals surface area contributed by atoms with Gasteiger partial charge in [0.25, 0.3) is 0 Å². The second-order valence-electron chi connectivity index (χ2n) is 6.24. The fourth-order valence-corrected chi connectivity index (χ4v) is 2.04. The van der Waals surface area contributed by atoms with Crippen LogP contribution in [0.4, 0.5) is 9.59 Å². The summed E-state index contributed by atoms with van der Waals surface area (Å²) in [7, 11) is 1.27. The van der Waals surface area contributed by atoms with Crippen molar-refractivity contribution in [2.45, 2.75) is 64.3 Å². The molecule has 8 heteroatoms. The van der Waals surface area contributed by atoms with E-state index in [1.54, 1.807) is 27.7 Å². The summed E-state index contributed by atoms with van der Waals surface area (Å²) in [6.45, 7) is 7.02.